The van der Waals surface area contributed by atoms with Crippen molar-refractivity contribution < 1.29 is 9.18 Å². The van der Waals surface area contributed by atoms with E-state index in [1.165, 1.54) is 44.1 Å². The number of carbonyl (C=O) groups excluding carboxylic acids is 1. The highest BCUT2D eigenvalue weighted by Gasteiger charge is 2.09. The summed E-state index contributed by atoms with van der Waals surface area (Å²) in [6.07, 6.45) is 2.55. The molecule has 0 spiro atoms. The number of aldehydes is 1. The zero-order valence-electron chi connectivity index (χ0n) is 18.6. The number of fused-ring (bicyclic) bond motifs is 1. The van der Waals surface area contributed by atoms with Crippen LogP contribution >= 0.6 is 23.7 Å². The van der Waals surface area contributed by atoms with Gasteiger partial charge in [-0.3, -0.25) is 9.52 Å². The number of benzene rings is 3. The first kappa shape index (κ1) is 24.1. The number of carbonyl (C=O) groups is 1. The van der Waals surface area contributed by atoms with Gasteiger partial charge in [0.1, 0.15) is 5.82 Å². The number of hydrogen-bond acceptors (Lipinski definition) is 4. The van der Waals surface area contributed by atoms with Crippen LogP contribution in [0.3, 0.4) is 0 Å². The zero-order chi connectivity index (χ0) is 23.1. The van der Waals surface area contributed by atoms with Crippen molar-refractivity contribution in [2.45, 2.75) is 29.8 Å². The summed E-state index contributed by atoms with van der Waals surface area (Å²) in [6, 6.07) is 24.0. The molecule has 0 bridgehead atoms. The van der Waals surface area contributed by atoms with Crippen molar-refractivity contribution in [2.75, 3.05) is 6.26 Å². The molecule has 166 valence electrons. The van der Waals surface area contributed by atoms with E-state index in [0.29, 0.717) is 12.3 Å². The van der Waals surface area contributed by atoms with Gasteiger partial charge in [-0.15, -0.1) is 0 Å². The molecule has 32 heavy (non-hydrogen) atoms. The number of aromatic nitrogens is 1. The smallest absolute Gasteiger partial charge is 0.152 e. The van der Waals surface area contributed by atoms with Gasteiger partial charge < -0.3 is 4.57 Å². The fourth-order valence-corrected chi connectivity index (χ4v) is 4.73. The Balaban J connectivity index is 0.000000269. The van der Waals surface area contributed by atoms with E-state index in [9.17, 15) is 9.18 Å². The van der Waals surface area contributed by atoms with Gasteiger partial charge in [-0.2, -0.15) is 0 Å². The Labute approximate surface area is 197 Å². The summed E-state index contributed by atoms with van der Waals surface area (Å²) < 4.78 is 18.0. The molecule has 0 aliphatic carbocycles. The molecule has 0 saturated heterocycles. The SMILES string of the molecule is CSN[C@@H](C)c1ccc(Sc2cc3cc(C)ccc3n2C)cc1.O=Cc1ccccc1F. The molecule has 0 aliphatic rings. The first-order chi connectivity index (χ1) is 15.4. The lowest BCUT2D eigenvalue weighted by atomic mass is 10.1. The highest BCUT2D eigenvalue weighted by Crippen LogP contribution is 2.33. The maximum Gasteiger partial charge on any atom is 0.152 e. The molecule has 1 aromatic heterocycles. The molecule has 0 amide bonds. The molecule has 0 fully saturated rings. The lowest BCUT2D eigenvalue weighted by Crippen LogP contribution is -2.09. The number of nitrogens with zero attached hydrogens (tertiary/aromatic N) is 1. The van der Waals surface area contributed by atoms with E-state index in [4.69, 9.17) is 0 Å². The van der Waals surface area contributed by atoms with Gasteiger partial charge in [-0.1, -0.05) is 59.6 Å². The van der Waals surface area contributed by atoms with Crippen molar-refractivity contribution in [3.8, 4) is 0 Å². The largest absolute Gasteiger partial charge is 0.339 e. The van der Waals surface area contributed by atoms with E-state index < -0.39 is 5.82 Å². The highest BCUT2D eigenvalue weighted by molar-refractivity contribution is 7.99. The Kier molecular flexibility index (Phi) is 8.56. The van der Waals surface area contributed by atoms with E-state index in [0.717, 1.165) is 0 Å². The average molecular weight is 467 g/mol. The number of halogens is 1. The Morgan fingerprint density at radius 3 is 2.38 bits per heavy atom. The topological polar surface area (TPSA) is 34.0 Å². The van der Waals surface area contributed by atoms with Crippen LogP contribution in [0.1, 0.15) is 34.5 Å². The molecule has 3 nitrogen and oxygen atoms in total. The van der Waals surface area contributed by atoms with Crippen LogP contribution in [0.2, 0.25) is 0 Å². The molecule has 1 heterocycles. The molecule has 0 saturated carbocycles. The summed E-state index contributed by atoms with van der Waals surface area (Å²) in [5.74, 6) is -0.465. The van der Waals surface area contributed by atoms with Crippen molar-refractivity contribution >= 4 is 40.9 Å². The molecule has 0 radical (unpaired) electrons. The summed E-state index contributed by atoms with van der Waals surface area (Å²) in [5.41, 5.74) is 4.01. The number of rotatable bonds is 6. The molecule has 1 atom stereocenters. The standard InChI is InChI=1S/C19H22N2S2.C7H5FO/c1-13-5-10-18-16(11-13)12-19(21(18)3)23-17-8-6-15(7-9-17)14(2)20-22-4;8-7-4-2-1-3-6(7)5-9/h5-12,14,20H,1-4H3;1-5H/t14-;/m0./s1. The Morgan fingerprint density at radius 1 is 1.03 bits per heavy atom. The van der Waals surface area contributed by atoms with Gasteiger partial charge in [-0.05, 0) is 68.1 Å². The van der Waals surface area contributed by atoms with Gasteiger partial charge in [0, 0.05) is 28.9 Å². The molecule has 0 unspecified atom stereocenters. The summed E-state index contributed by atoms with van der Waals surface area (Å²) in [4.78, 5) is 11.3. The Bertz CT molecular complexity index is 1190. The summed E-state index contributed by atoms with van der Waals surface area (Å²) >= 11 is 3.48. The third-order valence-corrected chi connectivity index (χ3v) is 6.78. The second-order valence-electron chi connectivity index (χ2n) is 7.46. The lowest BCUT2D eigenvalue weighted by molar-refractivity contribution is 0.112. The normalized spacial score (nSPS) is 11.7. The van der Waals surface area contributed by atoms with Crippen LogP contribution in [-0.4, -0.2) is 17.1 Å². The Hall–Kier alpha value is -2.54. The summed E-state index contributed by atoms with van der Waals surface area (Å²) in [5, 5.41) is 2.58. The number of nitrogens with one attached hydrogen (secondary N) is 1. The van der Waals surface area contributed by atoms with Gasteiger partial charge >= 0.3 is 0 Å². The van der Waals surface area contributed by atoms with Gasteiger partial charge in [-0.25, -0.2) is 4.39 Å². The quantitative estimate of drug-likeness (QED) is 0.241. The number of aryl methyl sites for hydroxylation is 2. The second kappa shape index (κ2) is 11.4. The van der Waals surface area contributed by atoms with Gasteiger partial charge in [0.15, 0.2) is 6.29 Å². The van der Waals surface area contributed by atoms with E-state index >= 15 is 0 Å². The Morgan fingerprint density at radius 2 is 1.75 bits per heavy atom. The molecule has 4 aromatic rings. The lowest BCUT2D eigenvalue weighted by Gasteiger charge is -2.12. The van der Waals surface area contributed by atoms with E-state index in [1.807, 2.05) is 11.8 Å². The van der Waals surface area contributed by atoms with Crippen LogP contribution in [0.15, 0.2) is 82.7 Å². The zero-order valence-corrected chi connectivity index (χ0v) is 20.3. The minimum absolute atomic E-state index is 0.109. The molecule has 3 aromatic carbocycles. The minimum Gasteiger partial charge on any atom is -0.339 e. The average Bonchev–Trinajstić information content (AvgIpc) is 3.09. The van der Waals surface area contributed by atoms with Gasteiger partial charge in [0.2, 0.25) is 0 Å². The van der Waals surface area contributed by atoms with Crippen LogP contribution < -0.4 is 4.72 Å². The first-order valence-electron chi connectivity index (χ1n) is 10.2. The first-order valence-corrected chi connectivity index (χ1v) is 12.3. The van der Waals surface area contributed by atoms with Crippen molar-refractivity contribution in [1.82, 2.24) is 9.29 Å². The van der Waals surface area contributed by atoms with Crippen molar-refractivity contribution in [3.63, 3.8) is 0 Å². The fraction of sp³-hybridized carbons (Fsp3) is 0.192. The predicted molar refractivity (Wildman–Crippen MR) is 135 cm³/mol. The second-order valence-corrected chi connectivity index (χ2v) is 9.20. The predicted octanol–water partition coefficient (Wildman–Crippen LogP) is 7.20. The molecule has 1 N–H and O–H groups in total. The van der Waals surface area contributed by atoms with Crippen molar-refractivity contribution in [1.29, 1.82) is 0 Å². The summed E-state index contributed by atoms with van der Waals surface area (Å²) in [7, 11) is 2.14. The maximum atomic E-state index is 12.4. The molecular weight excluding hydrogens is 439 g/mol. The third-order valence-electron chi connectivity index (χ3n) is 5.08. The number of hydrogen-bond donors (Lipinski definition) is 1. The van der Waals surface area contributed by atoms with Crippen LogP contribution in [0.4, 0.5) is 4.39 Å². The van der Waals surface area contributed by atoms with Crippen LogP contribution in [0, 0.1) is 12.7 Å². The molecular formula is C26H27FN2OS2. The van der Waals surface area contributed by atoms with Crippen molar-refractivity contribution in [2.24, 2.45) is 7.05 Å². The van der Waals surface area contributed by atoms with E-state index in [-0.39, 0.29) is 5.56 Å². The van der Waals surface area contributed by atoms with Crippen LogP contribution in [0.5, 0.6) is 0 Å². The highest BCUT2D eigenvalue weighted by atomic mass is 32.2. The third kappa shape index (κ3) is 6.03. The van der Waals surface area contributed by atoms with Crippen LogP contribution in [0.25, 0.3) is 10.9 Å². The van der Waals surface area contributed by atoms with Crippen LogP contribution in [-0.2, 0) is 7.05 Å². The minimum atomic E-state index is -0.465. The fourth-order valence-electron chi connectivity index (χ4n) is 3.30. The van der Waals surface area contributed by atoms with E-state index in [2.05, 4.69) is 85.0 Å². The molecule has 4 rings (SSSR count). The summed E-state index contributed by atoms with van der Waals surface area (Å²) in [6.45, 7) is 4.33. The molecule has 0 aliphatic heterocycles. The van der Waals surface area contributed by atoms with E-state index in [1.54, 1.807) is 24.1 Å². The van der Waals surface area contributed by atoms with Crippen molar-refractivity contribution in [3.05, 3.63) is 95.3 Å². The monoisotopic (exact) mass is 466 g/mol. The maximum absolute atomic E-state index is 12.4. The van der Waals surface area contributed by atoms with Gasteiger partial charge in [0.25, 0.3) is 0 Å². The van der Waals surface area contributed by atoms with Gasteiger partial charge in [0.05, 0.1) is 10.6 Å². The molecule has 6 heteroatoms.